The van der Waals surface area contributed by atoms with Crippen molar-refractivity contribution in [3.05, 3.63) is 29.8 Å². The molecule has 4 nitrogen and oxygen atoms in total. The van der Waals surface area contributed by atoms with Gasteiger partial charge in [0.2, 0.25) is 0 Å². The summed E-state index contributed by atoms with van der Waals surface area (Å²) < 4.78 is 10.8. The molecule has 0 saturated heterocycles. The third-order valence-corrected chi connectivity index (χ3v) is 4.73. The summed E-state index contributed by atoms with van der Waals surface area (Å²) >= 11 is 0. The highest BCUT2D eigenvalue weighted by Gasteiger charge is 2.13. The zero-order chi connectivity index (χ0) is 16.6. The van der Waals surface area contributed by atoms with Crippen LogP contribution in [0.15, 0.2) is 24.3 Å². The van der Waals surface area contributed by atoms with Gasteiger partial charge in [-0.2, -0.15) is 0 Å². The third-order valence-electron chi connectivity index (χ3n) is 3.03. The van der Waals surface area contributed by atoms with Crippen molar-refractivity contribution in [3.8, 4) is 5.75 Å². The Labute approximate surface area is 135 Å². The van der Waals surface area contributed by atoms with Gasteiger partial charge in [-0.3, -0.25) is 0 Å². The van der Waals surface area contributed by atoms with Gasteiger partial charge in [0.15, 0.2) is 0 Å². The van der Waals surface area contributed by atoms with Gasteiger partial charge in [0.1, 0.15) is 5.75 Å². The van der Waals surface area contributed by atoms with Crippen LogP contribution in [0.25, 0.3) is 0 Å². The highest BCUT2D eigenvalue weighted by atomic mass is 28.3. The number of amides is 1. The minimum absolute atomic E-state index is 0.349. The largest absolute Gasteiger partial charge is 0.493 e. The van der Waals surface area contributed by atoms with E-state index in [-0.39, 0.29) is 6.09 Å². The van der Waals surface area contributed by atoms with Crippen LogP contribution in [-0.4, -0.2) is 27.4 Å². The van der Waals surface area contributed by atoms with Crippen molar-refractivity contribution < 1.29 is 14.3 Å². The summed E-state index contributed by atoms with van der Waals surface area (Å²) in [5.41, 5.74) is 1.03. The molecule has 1 amide bonds. The molecule has 0 spiro atoms. The van der Waals surface area contributed by atoms with Gasteiger partial charge in [-0.1, -0.05) is 45.6 Å². The Hall–Kier alpha value is -1.49. The molecule has 22 heavy (non-hydrogen) atoms. The third kappa shape index (κ3) is 8.72. The number of hydrogen-bond donors (Lipinski definition) is 1. The molecule has 124 valence electrons. The molecule has 1 N–H and O–H groups in total. The zero-order valence-electron chi connectivity index (χ0n) is 14.4. The summed E-state index contributed by atoms with van der Waals surface area (Å²) in [6, 6.07) is 8.75. The van der Waals surface area contributed by atoms with Crippen molar-refractivity contribution in [1.29, 1.82) is 0 Å². The minimum Gasteiger partial charge on any atom is -0.493 e. The van der Waals surface area contributed by atoms with Gasteiger partial charge in [0.05, 0.1) is 13.2 Å². The Kier molecular flexibility index (Phi) is 7.45. The van der Waals surface area contributed by atoms with Crippen molar-refractivity contribution in [2.75, 3.05) is 13.2 Å². The predicted molar refractivity (Wildman–Crippen MR) is 93.1 cm³/mol. The molecule has 0 fully saturated rings. The van der Waals surface area contributed by atoms with E-state index >= 15 is 0 Å². The van der Waals surface area contributed by atoms with Gasteiger partial charge in [-0.15, -0.1) is 0 Å². The summed E-state index contributed by atoms with van der Waals surface area (Å²) in [7, 11) is -1.15. The van der Waals surface area contributed by atoms with Gasteiger partial charge in [0, 0.05) is 14.6 Å². The molecule has 1 aromatic rings. The SMILES string of the molecule is CC(C)COc1ccc(CNC(=O)OCC[Si](C)(C)C)cc1. The van der Waals surface area contributed by atoms with E-state index in [9.17, 15) is 4.79 Å². The number of benzene rings is 1. The van der Waals surface area contributed by atoms with Crippen LogP contribution in [-0.2, 0) is 11.3 Å². The zero-order valence-corrected chi connectivity index (χ0v) is 15.4. The molecule has 5 heteroatoms. The summed E-state index contributed by atoms with van der Waals surface area (Å²) in [4.78, 5) is 11.6. The number of nitrogens with one attached hydrogen (secondary N) is 1. The number of carbonyl (C=O) groups is 1. The first-order valence-corrected chi connectivity index (χ1v) is 11.6. The van der Waals surface area contributed by atoms with E-state index in [1.54, 1.807) is 0 Å². The number of carbonyl (C=O) groups excluding carboxylic acids is 1. The molecule has 0 aromatic heterocycles. The van der Waals surface area contributed by atoms with Crippen molar-refractivity contribution in [3.63, 3.8) is 0 Å². The maximum Gasteiger partial charge on any atom is 0.407 e. The first-order valence-electron chi connectivity index (χ1n) is 7.88. The summed E-state index contributed by atoms with van der Waals surface area (Å²) in [5, 5.41) is 2.77. The standard InChI is InChI=1S/C17H29NO3Si/c1-14(2)13-21-16-8-6-15(7-9-16)12-18-17(19)20-10-11-22(3,4)5/h6-9,14H,10-13H2,1-5H3,(H,18,19). The molecule has 0 heterocycles. The monoisotopic (exact) mass is 323 g/mol. The van der Waals surface area contributed by atoms with Crippen LogP contribution in [0, 0.1) is 5.92 Å². The highest BCUT2D eigenvalue weighted by Crippen LogP contribution is 2.13. The lowest BCUT2D eigenvalue weighted by Crippen LogP contribution is -2.27. The van der Waals surface area contributed by atoms with Crippen LogP contribution in [0.1, 0.15) is 19.4 Å². The van der Waals surface area contributed by atoms with E-state index < -0.39 is 8.07 Å². The van der Waals surface area contributed by atoms with Crippen molar-refractivity contribution in [2.24, 2.45) is 5.92 Å². The van der Waals surface area contributed by atoms with Crippen LogP contribution in [0.3, 0.4) is 0 Å². The van der Waals surface area contributed by atoms with Gasteiger partial charge in [-0.05, 0) is 29.7 Å². The molecule has 0 bridgehead atoms. The Morgan fingerprint density at radius 3 is 2.36 bits per heavy atom. The second-order valence-electron chi connectivity index (χ2n) is 7.15. The summed E-state index contributed by atoms with van der Waals surface area (Å²) in [6.45, 7) is 12.7. The maximum absolute atomic E-state index is 11.6. The van der Waals surface area contributed by atoms with Crippen molar-refractivity contribution in [2.45, 2.75) is 46.1 Å². The van der Waals surface area contributed by atoms with Crippen LogP contribution in [0.4, 0.5) is 4.79 Å². The Bertz CT molecular complexity index is 452. The van der Waals surface area contributed by atoms with Gasteiger partial charge >= 0.3 is 6.09 Å². The van der Waals surface area contributed by atoms with Crippen molar-refractivity contribution >= 4 is 14.2 Å². The summed E-state index contributed by atoms with van der Waals surface area (Å²) in [5.74, 6) is 1.36. The van der Waals surface area contributed by atoms with E-state index in [1.807, 2.05) is 24.3 Å². The molecule has 0 saturated carbocycles. The lowest BCUT2D eigenvalue weighted by Gasteiger charge is -2.15. The van der Waals surface area contributed by atoms with Crippen molar-refractivity contribution in [1.82, 2.24) is 5.32 Å². The molecule has 1 rings (SSSR count). The average Bonchev–Trinajstić information content (AvgIpc) is 2.42. The smallest absolute Gasteiger partial charge is 0.407 e. The molecule has 1 aromatic carbocycles. The molecule has 0 atom stereocenters. The molecule has 0 aliphatic heterocycles. The molecule has 0 aliphatic carbocycles. The van der Waals surface area contributed by atoms with E-state index in [2.05, 4.69) is 38.8 Å². The average molecular weight is 324 g/mol. The van der Waals surface area contributed by atoms with Crippen LogP contribution >= 0.6 is 0 Å². The van der Waals surface area contributed by atoms with E-state index in [0.717, 1.165) is 17.4 Å². The van der Waals surface area contributed by atoms with Crippen LogP contribution in [0.2, 0.25) is 25.7 Å². The second-order valence-corrected chi connectivity index (χ2v) is 12.8. The molecule has 0 unspecified atom stereocenters. The van der Waals surface area contributed by atoms with E-state index in [4.69, 9.17) is 9.47 Å². The lowest BCUT2D eigenvalue weighted by atomic mass is 10.2. The minimum atomic E-state index is -1.15. The van der Waals surface area contributed by atoms with Crippen LogP contribution in [0.5, 0.6) is 5.75 Å². The Morgan fingerprint density at radius 1 is 1.18 bits per heavy atom. The molecular formula is C17H29NO3Si. The fourth-order valence-corrected chi connectivity index (χ4v) is 2.36. The lowest BCUT2D eigenvalue weighted by molar-refractivity contribution is 0.151. The van der Waals surface area contributed by atoms with Gasteiger partial charge in [0.25, 0.3) is 0 Å². The molecule has 0 aliphatic rings. The molecule has 0 radical (unpaired) electrons. The van der Waals surface area contributed by atoms with E-state index in [1.165, 1.54) is 0 Å². The van der Waals surface area contributed by atoms with Gasteiger partial charge in [-0.25, -0.2) is 4.79 Å². The predicted octanol–water partition coefficient (Wildman–Crippen LogP) is 4.29. The number of hydrogen-bond acceptors (Lipinski definition) is 3. The number of rotatable bonds is 8. The quantitative estimate of drug-likeness (QED) is 0.726. The van der Waals surface area contributed by atoms with Crippen LogP contribution < -0.4 is 10.1 Å². The number of ether oxygens (including phenoxy) is 2. The van der Waals surface area contributed by atoms with E-state index in [0.29, 0.717) is 25.7 Å². The maximum atomic E-state index is 11.6. The fourth-order valence-electron chi connectivity index (χ4n) is 1.64. The first-order chi connectivity index (χ1) is 10.3. The molecular weight excluding hydrogens is 294 g/mol. The summed E-state index contributed by atoms with van der Waals surface area (Å²) in [6.07, 6.45) is -0.349. The van der Waals surface area contributed by atoms with Gasteiger partial charge < -0.3 is 14.8 Å². The first kappa shape index (κ1) is 18.6. The fraction of sp³-hybridized carbons (Fsp3) is 0.588. The highest BCUT2D eigenvalue weighted by molar-refractivity contribution is 6.76. The second kappa shape index (κ2) is 8.83. The Balaban J connectivity index is 2.28. The topological polar surface area (TPSA) is 47.6 Å². The Morgan fingerprint density at radius 2 is 1.82 bits per heavy atom. The number of alkyl carbamates (subject to hydrolysis) is 1. The normalized spacial score (nSPS) is 11.4.